The SMILES string of the molecule is O=c1c2c(nc3n1/N=C\c1ccccc1/C=C\3)CCCC2. The van der Waals surface area contributed by atoms with Gasteiger partial charge in [-0.15, -0.1) is 0 Å². The molecular formula is C17H15N3O. The monoisotopic (exact) mass is 277 g/mol. The van der Waals surface area contributed by atoms with Crippen LogP contribution in [0.2, 0.25) is 0 Å². The molecule has 2 aromatic rings. The number of hydrogen-bond acceptors (Lipinski definition) is 3. The normalized spacial score (nSPS) is 18.7. The van der Waals surface area contributed by atoms with Crippen molar-refractivity contribution in [1.29, 1.82) is 0 Å². The fourth-order valence-corrected chi connectivity index (χ4v) is 2.94. The largest absolute Gasteiger partial charge is 0.277 e. The Kier molecular flexibility index (Phi) is 2.81. The van der Waals surface area contributed by atoms with E-state index < -0.39 is 0 Å². The van der Waals surface area contributed by atoms with Gasteiger partial charge in [0.25, 0.3) is 5.56 Å². The van der Waals surface area contributed by atoms with Gasteiger partial charge >= 0.3 is 0 Å². The first-order valence-electron chi connectivity index (χ1n) is 7.29. The highest BCUT2D eigenvalue weighted by atomic mass is 16.1. The van der Waals surface area contributed by atoms with E-state index in [4.69, 9.17) is 0 Å². The molecule has 0 radical (unpaired) electrons. The molecule has 2 aliphatic rings. The van der Waals surface area contributed by atoms with Crippen molar-refractivity contribution in [3.8, 4) is 0 Å². The smallest absolute Gasteiger partial charge is 0.267 e. The molecule has 0 atom stereocenters. The Morgan fingerprint density at radius 2 is 1.81 bits per heavy atom. The molecule has 4 nitrogen and oxygen atoms in total. The Morgan fingerprint density at radius 3 is 2.71 bits per heavy atom. The summed E-state index contributed by atoms with van der Waals surface area (Å²) in [6.45, 7) is 0. The molecule has 0 N–H and O–H groups in total. The predicted octanol–water partition coefficient (Wildman–Crippen LogP) is 2.49. The van der Waals surface area contributed by atoms with Crippen LogP contribution in [0.1, 0.15) is 41.1 Å². The van der Waals surface area contributed by atoms with Gasteiger partial charge in [0, 0.05) is 11.1 Å². The minimum Gasteiger partial charge on any atom is -0.267 e. The topological polar surface area (TPSA) is 47.2 Å². The Balaban J connectivity index is 1.93. The van der Waals surface area contributed by atoms with Gasteiger partial charge in [-0.1, -0.05) is 30.3 Å². The van der Waals surface area contributed by atoms with Gasteiger partial charge in [-0.3, -0.25) is 4.79 Å². The van der Waals surface area contributed by atoms with E-state index in [1.807, 2.05) is 36.4 Å². The molecule has 1 aromatic carbocycles. The maximum atomic E-state index is 12.6. The summed E-state index contributed by atoms with van der Waals surface area (Å²) in [5, 5.41) is 4.36. The maximum Gasteiger partial charge on any atom is 0.277 e. The third-order valence-corrected chi connectivity index (χ3v) is 4.08. The number of fused-ring (bicyclic) bond motifs is 3. The minimum absolute atomic E-state index is 0.0185. The van der Waals surface area contributed by atoms with Crippen molar-refractivity contribution >= 4 is 18.4 Å². The number of benzene rings is 1. The number of aromatic nitrogens is 2. The van der Waals surface area contributed by atoms with Crippen LogP contribution < -0.4 is 5.56 Å². The van der Waals surface area contributed by atoms with E-state index in [1.165, 1.54) is 4.68 Å². The number of aryl methyl sites for hydroxylation is 1. The molecule has 0 amide bonds. The van der Waals surface area contributed by atoms with Crippen LogP contribution in [0.25, 0.3) is 12.2 Å². The van der Waals surface area contributed by atoms with Crippen LogP contribution in [-0.4, -0.2) is 15.9 Å². The first-order valence-corrected chi connectivity index (χ1v) is 7.29. The average Bonchev–Trinajstić information content (AvgIpc) is 2.51. The van der Waals surface area contributed by atoms with Gasteiger partial charge in [0.1, 0.15) is 0 Å². The highest BCUT2D eigenvalue weighted by Gasteiger charge is 2.18. The zero-order valence-corrected chi connectivity index (χ0v) is 11.6. The molecular weight excluding hydrogens is 262 g/mol. The van der Waals surface area contributed by atoms with Crippen molar-refractivity contribution < 1.29 is 0 Å². The van der Waals surface area contributed by atoms with Crippen LogP contribution in [0, 0.1) is 0 Å². The van der Waals surface area contributed by atoms with Gasteiger partial charge in [-0.2, -0.15) is 9.78 Å². The van der Waals surface area contributed by atoms with Gasteiger partial charge in [-0.05, 0) is 37.3 Å². The lowest BCUT2D eigenvalue weighted by molar-refractivity contribution is 0.630. The first kappa shape index (κ1) is 12.3. The first-order chi connectivity index (χ1) is 10.3. The summed E-state index contributed by atoms with van der Waals surface area (Å²) >= 11 is 0. The molecule has 4 heteroatoms. The van der Waals surface area contributed by atoms with Crippen molar-refractivity contribution in [3.05, 3.63) is 62.8 Å². The fourth-order valence-electron chi connectivity index (χ4n) is 2.94. The summed E-state index contributed by atoms with van der Waals surface area (Å²) in [4.78, 5) is 17.3. The molecule has 0 saturated heterocycles. The molecule has 4 rings (SSSR count). The molecule has 0 unspecified atom stereocenters. The van der Waals surface area contributed by atoms with E-state index in [0.717, 1.165) is 48.1 Å². The molecule has 2 heterocycles. The number of hydrogen-bond donors (Lipinski definition) is 0. The molecule has 0 saturated carbocycles. The molecule has 0 spiro atoms. The van der Waals surface area contributed by atoms with E-state index in [1.54, 1.807) is 6.21 Å². The quantitative estimate of drug-likeness (QED) is 0.634. The van der Waals surface area contributed by atoms with Crippen LogP contribution in [0.15, 0.2) is 34.2 Å². The third kappa shape index (κ3) is 2.03. The Morgan fingerprint density at radius 1 is 1.00 bits per heavy atom. The summed E-state index contributed by atoms with van der Waals surface area (Å²) in [7, 11) is 0. The summed E-state index contributed by atoms with van der Waals surface area (Å²) in [6, 6.07) is 7.98. The summed E-state index contributed by atoms with van der Waals surface area (Å²) in [5.74, 6) is 0.617. The van der Waals surface area contributed by atoms with Crippen LogP contribution in [0.5, 0.6) is 0 Å². The predicted molar refractivity (Wildman–Crippen MR) is 83.5 cm³/mol. The molecule has 0 fully saturated rings. The fraction of sp³-hybridized carbons (Fsp3) is 0.235. The Bertz CT molecular complexity index is 830. The molecule has 104 valence electrons. The zero-order valence-electron chi connectivity index (χ0n) is 11.6. The van der Waals surface area contributed by atoms with Crippen LogP contribution in [0.3, 0.4) is 0 Å². The van der Waals surface area contributed by atoms with E-state index in [9.17, 15) is 4.79 Å². The van der Waals surface area contributed by atoms with E-state index in [2.05, 4.69) is 10.1 Å². The summed E-state index contributed by atoms with van der Waals surface area (Å²) in [6.07, 6.45) is 9.49. The van der Waals surface area contributed by atoms with Crippen molar-refractivity contribution in [1.82, 2.24) is 9.66 Å². The third-order valence-electron chi connectivity index (χ3n) is 4.08. The lowest BCUT2D eigenvalue weighted by Crippen LogP contribution is -2.28. The second-order valence-electron chi connectivity index (χ2n) is 5.43. The Labute approximate surface area is 122 Å². The van der Waals surface area contributed by atoms with Gasteiger partial charge in [-0.25, -0.2) is 4.98 Å². The zero-order chi connectivity index (χ0) is 14.2. The van der Waals surface area contributed by atoms with Crippen molar-refractivity contribution in [2.75, 3.05) is 0 Å². The van der Waals surface area contributed by atoms with Crippen molar-refractivity contribution in [3.63, 3.8) is 0 Å². The van der Waals surface area contributed by atoms with E-state index in [0.29, 0.717) is 5.82 Å². The summed E-state index contributed by atoms with van der Waals surface area (Å²) in [5.41, 5.74) is 3.86. The molecule has 1 aliphatic heterocycles. The molecule has 1 aliphatic carbocycles. The van der Waals surface area contributed by atoms with Gasteiger partial charge in [0.15, 0.2) is 5.82 Å². The molecule has 0 bridgehead atoms. The van der Waals surface area contributed by atoms with E-state index in [-0.39, 0.29) is 5.56 Å². The molecule has 21 heavy (non-hydrogen) atoms. The summed E-state index contributed by atoms with van der Waals surface area (Å²) < 4.78 is 1.43. The van der Waals surface area contributed by atoms with Crippen molar-refractivity contribution in [2.24, 2.45) is 5.10 Å². The molecule has 1 aromatic heterocycles. The van der Waals surface area contributed by atoms with Gasteiger partial charge in [0.05, 0.1) is 11.9 Å². The number of nitrogens with zero attached hydrogens (tertiary/aromatic N) is 3. The standard InChI is InChI=1S/C17H15N3O/c21-17-14-7-3-4-8-15(14)19-16-10-9-12-5-1-2-6-13(12)11-18-20(16)17/h1-2,5-6,9-11H,3-4,7-8H2/b10-9-,18-11-. The van der Waals surface area contributed by atoms with Gasteiger partial charge < -0.3 is 0 Å². The van der Waals surface area contributed by atoms with E-state index >= 15 is 0 Å². The second-order valence-corrected chi connectivity index (χ2v) is 5.43. The van der Waals surface area contributed by atoms with Crippen LogP contribution >= 0.6 is 0 Å². The maximum absolute atomic E-state index is 12.6. The Hall–Kier alpha value is -2.49. The average molecular weight is 277 g/mol. The van der Waals surface area contributed by atoms with Crippen LogP contribution in [0.4, 0.5) is 0 Å². The van der Waals surface area contributed by atoms with Crippen LogP contribution in [-0.2, 0) is 12.8 Å². The van der Waals surface area contributed by atoms with Gasteiger partial charge in [0.2, 0.25) is 0 Å². The highest BCUT2D eigenvalue weighted by molar-refractivity contribution is 5.88. The number of rotatable bonds is 0. The minimum atomic E-state index is -0.0185. The second kappa shape index (κ2) is 4.81. The van der Waals surface area contributed by atoms with Crippen molar-refractivity contribution in [2.45, 2.75) is 25.7 Å². The lowest BCUT2D eigenvalue weighted by atomic mass is 9.97. The lowest BCUT2D eigenvalue weighted by Gasteiger charge is -2.17. The highest BCUT2D eigenvalue weighted by Crippen LogP contribution is 2.19.